The molecule has 1 heterocycles. The molecule has 19 heavy (non-hydrogen) atoms. The highest BCUT2D eigenvalue weighted by Gasteiger charge is 2.13. The number of rotatable bonds is 6. The fourth-order valence-corrected chi connectivity index (χ4v) is 1.47. The van der Waals surface area contributed by atoms with Gasteiger partial charge in [0.1, 0.15) is 6.54 Å². The molecule has 0 amide bonds. The Morgan fingerprint density at radius 2 is 2.11 bits per heavy atom. The summed E-state index contributed by atoms with van der Waals surface area (Å²) in [5.74, 6) is 0.651. The van der Waals surface area contributed by atoms with Crippen LogP contribution in [0.4, 0.5) is 5.95 Å². The average Bonchev–Trinajstić information content (AvgIpc) is 2.27. The summed E-state index contributed by atoms with van der Waals surface area (Å²) in [5.41, 5.74) is 0.788. The van der Waals surface area contributed by atoms with Crippen LogP contribution in [0, 0.1) is 6.92 Å². The van der Waals surface area contributed by atoms with E-state index in [1.165, 1.54) is 0 Å². The van der Waals surface area contributed by atoms with E-state index in [-0.39, 0.29) is 18.6 Å². The van der Waals surface area contributed by atoms with Gasteiger partial charge in [0.25, 0.3) is 0 Å². The second-order valence-electron chi connectivity index (χ2n) is 4.48. The Bertz CT molecular complexity index is 435. The molecular weight excluding hydrogens is 246 g/mol. The second kappa shape index (κ2) is 6.92. The maximum atomic E-state index is 11.4. The molecule has 0 radical (unpaired) electrons. The van der Waals surface area contributed by atoms with Gasteiger partial charge in [0, 0.05) is 18.8 Å². The highest BCUT2D eigenvalue weighted by Crippen LogP contribution is 2.15. The molecule has 0 saturated carbocycles. The van der Waals surface area contributed by atoms with Crippen molar-refractivity contribution in [3.05, 3.63) is 11.8 Å². The lowest BCUT2D eigenvalue weighted by Gasteiger charge is -2.17. The molecule has 1 aromatic heterocycles. The molecule has 106 valence electrons. The highest BCUT2D eigenvalue weighted by atomic mass is 16.5. The van der Waals surface area contributed by atoms with Crippen molar-refractivity contribution in [1.29, 1.82) is 0 Å². The van der Waals surface area contributed by atoms with Gasteiger partial charge >= 0.3 is 5.97 Å². The van der Waals surface area contributed by atoms with E-state index in [2.05, 4.69) is 9.97 Å². The first-order valence-electron chi connectivity index (χ1n) is 6.31. The number of carbonyl (C=O) groups is 1. The molecular formula is C13H21N3O3. The van der Waals surface area contributed by atoms with Crippen LogP contribution in [0.5, 0.6) is 5.88 Å². The molecule has 0 spiro atoms. The molecule has 0 bridgehead atoms. The van der Waals surface area contributed by atoms with Crippen LogP contribution in [0.25, 0.3) is 0 Å². The lowest BCUT2D eigenvalue weighted by Crippen LogP contribution is -2.29. The van der Waals surface area contributed by atoms with Gasteiger partial charge in [-0.2, -0.15) is 4.98 Å². The topological polar surface area (TPSA) is 64.5 Å². The molecule has 0 aliphatic rings. The molecule has 1 rings (SSSR count). The van der Waals surface area contributed by atoms with Gasteiger partial charge in [0.05, 0.1) is 12.7 Å². The van der Waals surface area contributed by atoms with Gasteiger partial charge in [0.15, 0.2) is 0 Å². The standard InChI is InChI=1S/C13H21N3O3/c1-6-18-12(17)8-16(5)13-14-10(4)7-11(15-13)19-9(2)3/h7,9H,6,8H2,1-5H3. The number of hydrogen-bond donors (Lipinski definition) is 0. The van der Waals surface area contributed by atoms with Crippen molar-refractivity contribution in [3.8, 4) is 5.88 Å². The third kappa shape index (κ3) is 5.11. The maximum Gasteiger partial charge on any atom is 0.325 e. The van der Waals surface area contributed by atoms with Crippen LogP contribution in [0.3, 0.4) is 0 Å². The zero-order valence-corrected chi connectivity index (χ0v) is 12.1. The molecule has 0 saturated heterocycles. The Morgan fingerprint density at radius 3 is 2.68 bits per heavy atom. The van der Waals surface area contributed by atoms with E-state index in [9.17, 15) is 4.79 Å². The fraction of sp³-hybridized carbons (Fsp3) is 0.615. The molecule has 0 unspecified atom stereocenters. The Balaban J connectivity index is 2.81. The number of carbonyl (C=O) groups excluding carboxylic acids is 1. The van der Waals surface area contributed by atoms with E-state index < -0.39 is 0 Å². The Labute approximate surface area is 113 Å². The van der Waals surface area contributed by atoms with E-state index in [1.807, 2.05) is 20.8 Å². The summed E-state index contributed by atoms with van der Waals surface area (Å²) in [6.45, 7) is 7.96. The number of aryl methyl sites for hydroxylation is 1. The Morgan fingerprint density at radius 1 is 1.42 bits per heavy atom. The molecule has 0 N–H and O–H groups in total. The number of hydrogen-bond acceptors (Lipinski definition) is 6. The van der Waals surface area contributed by atoms with Gasteiger partial charge < -0.3 is 14.4 Å². The zero-order valence-electron chi connectivity index (χ0n) is 12.1. The number of nitrogens with zero attached hydrogens (tertiary/aromatic N) is 3. The van der Waals surface area contributed by atoms with Gasteiger partial charge in [-0.05, 0) is 27.7 Å². The third-order valence-corrected chi connectivity index (χ3v) is 2.19. The van der Waals surface area contributed by atoms with E-state index >= 15 is 0 Å². The van der Waals surface area contributed by atoms with E-state index in [4.69, 9.17) is 9.47 Å². The first kappa shape index (κ1) is 15.2. The van der Waals surface area contributed by atoms with Crippen molar-refractivity contribution >= 4 is 11.9 Å². The molecule has 0 aliphatic heterocycles. The molecule has 0 atom stereocenters. The van der Waals surface area contributed by atoms with Crippen LogP contribution in [0.15, 0.2) is 6.07 Å². The van der Waals surface area contributed by atoms with Gasteiger partial charge in [-0.15, -0.1) is 0 Å². The summed E-state index contributed by atoms with van der Waals surface area (Å²) in [7, 11) is 1.74. The highest BCUT2D eigenvalue weighted by molar-refractivity contribution is 5.74. The summed E-state index contributed by atoms with van der Waals surface area (Å²) in [5, 5.41) is 0. The van der Waals surface area contributed by atoms with E-state index in [0.29, 0.717) is 18.4 Å². The van der Waals surface area contributed by atoms with Crippen molar-refractivity contribution in [2.24, 2.45) is 0 Å². The molecule has 6 nitrogen and oxygen atoms in total. The molecule has 0 aromatic carbocycles. The summed E-state index contributed by atoms with van der Waals surface area (Å²) in [4.78, 5) is 21.6. The van der Waals surface area contributed by atoms with Gasteiger partial charge in [-0.1, -0.05) is 0 Å². The number of likely N-dealkylation sites (N-methyl/N-ethyl adjacent to an activating group) is 1. The minimum atomic E-state index is -0.304. The minimum absolute atomic E-state index is 0.0394. The minimum Gasteiger partial charge on any atom is -0.475 e. The van der Waals surface area contributed by atoms with Crippen LogP contribution in [0.2, 0.25) is 0 Å². The molecule has 1 aromatic rings. The smallest absolute Gasteiger partial charge is 0.325 e. The van der Waals surface area contributed by atoms with Crippen LogP contribution in [-0.2, 0) is 9.53 Å². The Kier molecular flexibility index (Phi) is 5.54. The number of anilines is 1. The number of esters is 1. The number of ether oxygens (including phenoxy) is 2. The number of aromatic nitrogens is 2. The van der Waals surface area contributed by atoms with E-state index in [0.717, 1.165) is 5.69 Å². The van der Waals surface area contributed by atoms with Crippen LogP contribution < -0.4 is 9.64 Å². The van der Waals surface area contributed by atoms with Gasteiger partial charge in [0.2, 0.25) is 11.8 Å². The van der Waals surface area contributed by atoms with Crippen LogP contribution in [-0.4, -0.2) is 42.2 Å². The van der Waals surface area contributed by atoms with Gasteiger partial charge in [-0.3, -0.25) is 4.79 Å². The van der Waals surface area contributed by atoms with Crippen molar-refractivity contribution in [1.82, 2.24) is 9.97 Å². The average molecular weight is 267 g/mol. The largest absolute Gasteiger partial charge is 0.475 e. The van der Waals surface area contributed by atoms with Gasteiger partial charge in [-0.25, -0.2) is 4.98 Å². The summed E-state index contributed by atoms with van der Waals surface area (Å²) in [6.07, 6.45) is 0.0394. The maximum absolute atomic E-state index is 11.4. The van der Waals surface area contributed by atoms with Crippen molar-refractivity contribution in [2.75, 3.05) is 25.1 Å². The zero-order chi connectivity index (χ0) is 14.4. The monoisotopic (exact) mass is 267 g/mol. The van der Waals surface area contributed by atoms with Crippen LogP contribution >= 0.6 is 0 Å². The SMILES string of the molecule is CCOC(=O)CN(C)c1nc(C)cc(OC(C)C)n1. The lowest BCUT2D eigenvalue weighted by atomic mass is 10.4. The second-order valence-corrected chi connectivity index (χ2v) is 4.48. The summed E-state index contributed by atoms with van der Waals surface area (Å²) in [6, 6.07) is 1.77. The summed E-state index contributed by atoms with van der Waals surface area (Å²) >= 11 is 0. The van der Waals surface area contributed by atoms with Crippen LogP contribution in [0.1, 0.15) is 26.5 Å². The molecule has 0 fully saturated rings. The predicted octanol–water partition coefficient (Wildman–Crippen LogP) is 1.57. The lowest BCUT2D eigenvalue weighted by molar-refractivity contribution is -0.141. The molecule has 0 aliphatic carbocycles. The quantitative estimate of drug-likeness (QED) is 0.729. The third-order valence-electron chi connectivity index (χ3n) is 2.19. The Hall–Kier alpha value is -1.85. The predicted molar refractivity (Wildman–Crippen MR) is 72.4 cm³/mol. The molecule has 6 heteroatoms. The van der Waals surface area contributed by atoms with Crippen molar-refractivity contribution < 1.29 is 14.3 Å². The first-order chi connectivity index (χ1) is 8.92. The fourth-order valence-electron chi connectivity index (χ4n) is 1.47. The summed E-state index contributed by atoms with van der Waals surface area (Å²) < 4.78 is 10.4. The van der Waals surface area contributed by atoms with E-state index in [1.54, 1.807) is 24.9 Å². The van der Waals surface area contributed by atoms with Crippen molar-refractivity contribution in [2.45, 2.75) is 33.8 Å². The first-order valence-corrected chi connectivity index (χ1v) is 6.31. The van der Waals surface area contributed by atoms with Crippen molar-refractivity contribution in [3.63, 3.8) is 0 Å². The normalized spacial score (nSPS) is 10.4.